The number of esters is 1. The highest BCUT2D eigenvalue weighted by molar-refractivity contribution is 5.99. The summed E-state index contributed by atoms with van der Waals surface area (Å²) in [6.45, 7) is 4.98. The van der Waals surface area contributed by atoms with E-state index < -0.39 is 22.8 Å². The van der Waals surface area contributed by atoms with Crippen LogP contribution in [0.2, 0.25) is 0 Å². The number of carboxylic acid groups (broad SMARTS) is 1. The minimum Gasteiger partial charge on any atom is -0.478 e. The third kappa shape index (κ3) is 4.37. The summed E-state index contributed by atoms with van der Waals surface area (Å²) in [6.07, 6.45) is 0.433. The molecule has 2 atom stereocenters. The quantitative estimate of drug-likeness (QED) is 0.365. The van der Waals surface area contributed by atoms with Gasteiger partial charge in [0.25, 0.3) is 5.69 Å². The number of para-hydroxylation sites is 1. The molecule has 1 aromatic rings. The van der Waals surface area contributed by atoms with Crippen LogP contribution in [0.1, 0.15) is 38.7 Å². The smallest absolute Gasteiger partial charge is 0.336 e. The molecular weight excluding hydrogens is 366 g/mol. The van der Waals surface area contributed by atoms with Crippen LogP contribution in [0.5, 0.6) is 0 Å². The first-order valence-electron chi connectivity index (χ1n) is 8.73. The zero-order valence-corrected chi connectivity index (χ0v) is 15.9. The van der Waals surface area contributed by atoms with Gasteiger partial charge in [-0.05, 0) is 27.2 Å². The van der Waals surface area contributed by atoms with Gasteiger partial charge in [-0.25, -0.2) is 9.59 Å². The third-order valence-corrected chi connectivity index (χ3v) is 4.46. The number of rotatable bonds is 7. The second kappa shape index (κ2) is 8.66. The van der Waals surface area contributed by atoms with Crippen LogP contribution in [0.4, 0.5) is 5.69 Å². The first-order chi connectivity index (χ1) is 13.1. The van der Waals surface area contributed by atoms with Crippen molar-refractivity contribution in [1.82, 2.24) is 5.32 Å². The lowest BCUT2D eigenvalue weighted by Crippen LogP contribution is -2.32. The van der Waals surface area contributed by atoms with Crippen LogP contribution in [0.25, 0.3) is 0 Å². The van der Waals surface area contributed by atoms with Gasteiger partial charge in [0.1, 0.15) is 0 Å². The van der Waals surface area contributed by atoms with Gasteiger partial charge in [0.05, 0.1) is 28.6 Å². The lowest BCUT2D eigenvalue weighted by atomic mass is 9.79. The van der Waals surface area contributed by atoms with Crippen LogP contribution in [0, 0.1) is 10.1 Å². The molecule has 0 bridgehead atoms. The number of allylic oxidation sites excluding steroid dienone is 2. The van der Waals surface area contributed by atoms with Gasteiger partial charge >= 0.3 is 11.9 Å². The van der Waals surface area contributed by atoms with E-state index in [1.807, 2.05) is 0 Å². The minimum atomic E-state index is -1.28. The number of carbonyl (C=O) groups excluding carboxylic acids is 1. The molecule has 0 spiro atoms. The van der Waals surface area contributed by atoms with E-state index in [0.29, 0.717) is 17.8 Å². The van der Waals surface area contributed by atoms with Crippen molar-refractivity contribution in [2.75, 3.05) is 6.61 Å². The number of carbonyl (C=O) groups is 2. The van der Waals surface area contributed by atoms with Crippen molar-refractivity contribution >= 4 is 17.6 Å². The fraction of sp³-hybridized carbons (Fsp3) is 0.368. The number of nitro groups is 1. The van der Waals surface area contributed by atoms with E-state index in [-0.39, 0.29) is 35.0 Å². The maximum atomic E-state index is 12.8. The van der Waals surface area contributed by atoms with Gasteiger partial charge in [-0.15, -0.1) is 0 Å². The third-order valence-electron chi connectivity index (χ3n) is 4.46. The first-order valence-corrected chi connectivity index (χ1v) is 8.73. The molecule has 1 heterocycles. The molecule has 28 heavy (non-hydrogen) atoms. The second-order valence-corrected chi connectivity index (χ2v) is 6.66. The van der Waals surface area contributed by atoms with Crippen molar-refractivity contribution in [3.63, 3.8) is 0 Å². The molecule has 0 aliphatic carbocycles. The molecular formula is C19H23N3O6. The van der Waals surface area contributed by atoms with Crippen LogP contribution in [-0.4, -0.2) is 34.6 Å². The summed E-state index contributed by atoms with van der Waals surface area (Å²) in [5.74, 6) is -3.15. The Kier molecular flexibility index (Phi) is 6.53. The van der Waals surface area contributed by atoms with Crippen LogP contribution in [-0.2, 0) is 14.3 Å². The molecule has 0 fully saturated rings. The number of carboxylic acids is 1. The Bertz CT molecular complexity index is 872. The highest BCUT2D eigenvalue weighted by atomic mass is 16.6. The van der Waals surface area contributed by atoms with Gasteiger partial charge in [-0.1, -0.05) is 18.2 Å². The molecule has 2 rings (SSSR count). The standard InChI is InChI=1S/C19H23N3O6/c1-10(20)8-9-28-19(25)16-12(3)21-11(2)15(18(23)24)17(16)13-6-4-5-7-14(13)22(26)27/h4-7,10,17,21H,8-9,20H2,1-3H3,(H,23,24). The maximum Gasteiger partial charge on any atom is 0.336 e. The molecule has 0 amide bonds. The predicted octanol–water partition coefficient (Wildman–Crippen LogP) is 2.19. The Morgan fingerprint density at radius 3 is 2.46 bits per heavy atom. The Hall–Kier alpha value is -3.20. The van der Waals surface area contributed by atoms with E-state index in [1.165, 1.54) is 18.2 Å². The SMILES string of the molecule is CC1=C(C(=O)O)C(c2ccccc2[N+](=O)[O-])C(C(=O)OCCC(C)N)=C(C)N1. The molecule has 0 radical (unpaired) electrons. The van der Waals surface area contributed by atoms with Gasteiger partial charge < -0.3 is 20.9 Å². The van der Waals surface area contributed by atoms with E-state index in [4.69, 9.17) is 10.5 Å². The lowest BCUT2D eigenvalue weighted by Gasteiger charge is -2.29. The van der Waals surface area contributed by atoms with E-state index in [0.717, 1.165) is 0 Å². The highest BCUT2D eigenvalue weighted by Gasteiger charge is 2.40. The zero-order valence-electron chi connectivity index (χ0n) is 15.9. The predicted molar refractivity (Wildman–Crippen MR) is 101 cm³/mol. The topological polar surface area (TPSA) is 145 Å². The molecule has 0 saturated carbocycles. The van der Waals surface area contributed by atoms with Gasteiger partial charge in [0.2, 0.25) is 0 Å². The number of aliphatic carboxylic acids is 1. The fourth-order valence-corrected chi connectivity index (χ4v) is 3.17. The van der Waals surface area contributed by atoms with Crippen LogP contribution in [0.3, 0.4) is 0 Å². The number of hydrogen-bond donors (Lipinski definition) is 3. The zero-order chi connectivity index (χ0) is 21.0. The summed E-state index contributed by atoms with van der Waals surface area (Å²) < 4.78 is 5.28. The van der Waals surface area contributed by atoms with Crippen molar-refractivity contribution in [1.29, 1.82) is 0 Å². The highest BCUT2D eigenvalue weighted by Crippen LogP contribution is 2.42. The molecule has 1 aliphatic rings. The lowest BCUT2D eigenvalue weighted by molar-refractivity contribution is -0.385. The number of nitrogens with zero attached hydrogens (tertiary/aromatic N) is 1. The van der Waals surface area contributed by atoms with E-state index in [2.05, 4.69) is 5.32 Å². The summed E-state index contributed by atoms with van der Waals surface area (Å²) in [5.41, 5.74) is 6.09. The average Bonchev–Trinajstić information content (AvgIpc) is 2.60. The van der Waals surface area contributed by atoms with Crippen LogP contribution in [0.15, 0.2) is 46.8 Å². The van der Waals surface area contributed by atoms with E-state index >= 15 is 0 Å². The largest absolute Gasteiger partial charge is 0.478 e. The number of ether oxygens (including phenoxy) is 1. The number of benzene rings is 1. The fourth-order valence-electron chi connectivity index (χ4n) is 3.17. The monoisotopic (exact) mass is 389 g/mol. The summed E-state index contributed by atoms with van der Waals surface area (Å²) in [4.78, 5) is 35.6. The summed E-state index contributed by atoms with van der Waals surface area (Å²) in [7, 11) is 0. The van der Waals surface area contributed by atoms with Crippen LogP contribution >= 0.6 is 0 Å². The van der Waals surface area contributed by atoms with Gasteiger partial charge in [0, 0.05) is 29.1 Å². The Labute approximate surface area is 162 Å². The Morgan fingerprint density at radius 2 is 1.89 bits per heavy atom. The Balaban J connectivity index is 2.59. The minimum absolute atomic E-state index is 0.0296. The number of nitrogens with two attached hydrogens (primary N) is 1. The van der Waals surface area contributed by atoms with Crippen LogP contribution < -0.4 is 11.1 Å². The summed E-state index contributed by atoms with van der Waals surface area (Å²) in [5, 5.41) is 24.1. The molecule has 4 N–H and O–H groups in total. The molecule has 0 saturated heterocycles. The van der Waals surface area contributed by atoms with Crippen molar-refractivity contribution < 1.29 is 24.4 Å². The van der Waals surface area contributed by atoms with Gasteiger partial charge in [-0.2, -0.15) is 0 Å². The van der Waals surface area contributed by atoms with Crippen molar-refractivity contribution in [3.8, 4) is 0 Å². The maximum absolute atomic E-state index is 12.8. The van der Waals surface area contributed by atoms with Crippen molar-refractivity contribution in [3.05, 3.63) is 62.5 Å². The first kappa shape index (κ1) is 21.1. The summed E-state index contributed by atoms with van der Waals surface area (Å²) >= 11 is 0. The molecule has 9 heteroatoms. The average molecular weight is 389 g/mol. The number of hydrogen-bond acceptors (Lipinski definition) is 7. The molecule has 1 aromatic carbocycles. The number of nitrogens with one attached hydrogen (secondary N) is 1. The second-order valence-electron chi connectivity index (χ2n) is 6.66. The number of dihydropyridines is 1. The van der Waals surface area contributed by atoms with Crippen molar-refractivity contribution in [2.24, 2.45) is 5.73 Å². The normalized spacial score (nSPS) is 17.8. The van der Waals surface area contributed by atoms with E-state index in [1.54, 1.807) is 26.8 Å². The number of nitro benzene ring substituents is 1. The molecule has 9 nitrogen and oxygen atoms in total. The summed E-state index contributed by atoms with van der Waals surface area (Å²) in [6, 6.07) is 5.60. The molecule has 0 aromatic heterocycles. The molecule has 2 unspecified atom stereocenters. The van der Waals surface area contributed by atoms with Gasteiger partial charge in [0.15, 0.2) is 0 Å². The molecule has 1 aliphatic heterocycles. The molecule has 150 valence electrons. The van der Waals surface area contributed by atoms with Crippen molar-refractivity contribution in [2.45, 2.75) is 39.2 Å². The van der Waals surface area contributed by atoms with E-state index in [9.17, 15) is 24.8 Å². The van der Waals surface area contributed by atoms with Gasteiger partial charge in [-0.3, -0.25) is 10.1 Å². The Morgan fingerprint density at radius 1 is 1.29 bits per heavy atom.